The number of aliphatic hydroxyl groups excluding tert-OH is 1. The van der Waals surface area contributed by atoms with Crippen LogP contribution in [0.2, 0.25) is 0 Å². The molecule has 1 saturated heterocycles. The third-order valence-electron chi connectivity index (χ3n) is 7.80. The van der Waals surface area contributed by atoms with Gasteiger partial charge in [-0.05, 0) is 43.0 Å². The molecule has 1 amide bonds. The summed E-state index contributed by atoms with van der Waals surface area (Å²) in [5.41, 5.74) is 4.67. The predicted molar refractivity (Wildman–Crippen MR) is 159 cm³/mol. The Balaban J connectivity index is 1.15. The number of oxazole rings is 1. The van der Waals surface area contributed by atoms with Crippen LogP contribution in [-0.4, -0.2) is 103 Å². The molecule has 0 bridgehead atoms. The van der Waals surface area contributed by atoms with Gasteiger partial charge >= 0.3 is 0 Å². The Hall–Kier alpha value is -3.78. The van der Waals surface area contributed by atoms with Crippen molar-refractivity contribution in [1.29, 1.82) is 0 Å². The maximum atomic E-state index is 13.1. The number of nitrogens with one attached hydrogen (secondary N) is 2. The van der Waals surface area contributed by atoms with Crippen LogP contribution in [0.3, 0.4) is 0 Å². The van der Waals surface area contributed by atoms with E-state index in [1.807, 2.05) is 24.9 Å². The van der Waals surface area contributed by atoms with Crippen LogP contribution in [0.1, 0.15) is 38.6 Å². The quantitative estimate of drug-likeness (QED) is 0.249. The highest BCUT2D eigenvalue weighted by Gasteiger charge is 2.24. The second kappa shape index (κ2) is 14.1. The summed E-state index contributed by atoms with van der Waals surface area (Å²) in [4.78, 5) is 30.3. The third-order valence-corrected chi connectivity index (χ3v) is 7.80. The molecule has 3 N–H and O–H groups in total. The monoisotopic (exact) mass is 595 g/mol. The number of methoxy groups -OCH3 is 1. The first-order valence-corrected chi connectivity index (χ1v) is 14.6. The van der Waals surface area contributed by atoms with Gasteiger partial charge in [0.1, 0.15) is 23.9 Å². The zero-order chi connectivity index (χ0) is 30.3. The number of rotatable bonds is 14. The Kier molecular flexibility index (Phi) is 10.1. The van der Waals surface area contributed by atoms with Crippen molar-refractivity contribution < 1.29 is 28.5 Å². The second-order valence-electron chi connectivity index (χ2n) is 11.1. The van der Waals surface area contributed by atoms with E-state index in [1.54, 1.807) is 13.2 Å². The number of fused-ring (bicyclic) bond motifs is 1. The Morgan fingerprint density at radius 1 is 1.28 bits per heavy atom. The molecule has 0 saturated carbocycles. The van der Waals surface area contributed by atoms with Gasteiger partial charge < -0.3 is 39.3 Å². The first kappa shape index (κ1) is 30.7. The summed E-state index contributed by atoms with van der Waals surface area (Å²) >= 11 is 0. The van der Waals surface area contributed by atoms with Crippen LogP contribution in [0.25, 0.3) is 0 Å². The molecule has 4 heterocycles. The van der Waals surface area contributed by atoms with Crippen LogP contribution in [-0.2, 0) is 29.0 Å². The number of likely N-dealkylation sites (N-methyl/N-ethyl adjacent to an activating group) is 1. The maximum Gasteiger partial charge on any atom is 0.270 e. The molecule has 13 nitrogen and oxygen atoms in total. The van der Waals surface area contributed by atoms with E-state index in [1.165, 1.54) is 17.5 Å². The van der Waals surface area contributed by atoms with E-state index in [0.29, 0.717) is 57.8 Å². The zero-order valence-corrected chi connectivity index (χ0v) is 25.3. The van der Waals surface area contributed by atoms with E-state index in [-0.39, 0.29) is 24.2 Å². The number of benzene rings is 1. The highest BCUT2D eigenvalue weighted by molar-refractivity contribution is 5.93. The number of aryl methyl sites for hydroxylation is 1. The lowest BCUT2D eigenvalue weighted by Gasteiger charge is -2.31. The van der Waals surface area contributed by atoms with E-state index < -0.39 is 6.10 Å². The fourth-order valence-corrected chi connectivity index (χ4v) is 5.11. The first-order valence-electron chi connectivity index (χ1n) is 14.6. The van der Waals surface area contributed by atoms with Gasteiger partial charge in [0.25, 0.3) is 5.91 Å². The molecule has 3 aromatic rings. The summed E-state index contributed by atoms with van der Waals surface area (Å²) in [5.74, 6) is 2.15. The molecular formula is C30H41N7O6. The van der Waals surface area contributed by atoms with Crippen molar-refractivity contribution in [3.8, 4) is 5.75 Å². The van der Waals surface area contributed by atoms with Gasteiger partial charge in [0.2, 0.25) is 5.95 Å². The van der Waals surface area contributed by atoms with Crippen molar-refractivity contribution in [2.24, 2.45) is 0 Å². The highest BCUT2D eigenvalue weighted by Crippen LogP contribution is 2.30. The molecule has 1 fully saturated rings. The molecule has 5 rings (SSSR count). The van der Waals surface area contributed by atoms with Gasteiger partial charge in [-0.2, -0.15) is 4.98 Å². The molecule has 1 aromatic carbocycles. The van der Waals surface area contributed by atoms with Gasteiger partial charge in [-0.15, -0.1) is 0 Å². The molecule has 0 spiro atoms. The predicted octanol–water partition coefficient (Wildman–Crippen LogP) is 1.70. The smallest absolute Gasteiger partial charge is 0.270 e. The molecule has 1 atom stereocenters. The molecule has 2 aliphatic rings. The lowest BCUT2D eigenvalue weighted by Crippen LogP contribution is -2.42. The summed E-state index contributed by atoms with van der Waals surface area (Å²) in [5, 5.41) is 16.9. The highest BCUT2D eigenvalue weighted by atomic mass is 16.5. The number of nitrogens with zero attached hydrogens (tertiary/aromatic N) is 5. The molecule has 43 heavy (non-hydrogen) atoms. The Morgan fingerprint density at radius 2 is 2.12 bits per heavy atom. The summed E-state index contributed by atoms with van der Waals surface area (Å²) in [6, 6.07) is 5.85. The molecule has 0 unspecified atom stereocenters. The van der Waals surface area contributed by atoms with Crippen molar-refractivity contribution in [3.63, 3.8) is 0 Å². The largest absolute Gasteiger partial charge is 0.485 e. The maximum absolute atomic E-state index is 13.1. The fraction of sp³-hybridized carbons (Fsp3) is 0.533. The van der Waals surface area contributed by atoms with Gasteiger partial charge in [0, 0.05) is 52.9 Å². The van der Waals surface area contributed by atoms with Crippen molar-refractivity contribution >= 4 is 17.7 Å². The summed E-state index contributed by atoms with van der Waals surface area (Å²) in [6.45, 7) is 8.61. The number of amides is 1. The van der Waals surface area contributed by atoms with Crippen molar-refractivity contribution in [3.05, 3.63) is 58.4 Å². The number of hydrogen-bond donors (Lipinski definition) is 3. The topological polar surface area (TPSA) is 147 Å². The summed E-state index contributed by atoms with van der Waals surface area (Å²) < 4.78 is 21.8. The number of aliphatic hydroxyl groups is 1. The third kappa shape index (κ3) is 7.79. The van der Waals surface area contributed by atoms with E-state index in [0.717, 1.165) is 35.7 Å². The van der Waals surface area contributed by atoms with E-state index >= 15 is 0 Å². The number of carbonyl (C=O) groups excluding carboxylic acids is 1. The van der Waals surface area contributed by atoms with Crippen molar-refractivity contribution in [2.75, 3.05) is 70.4 Å². The number of anilines is 2. The van der Waals surface area contributed by atoms with Crippen LogP contribution < -0.4 is 20.3 Å². The normalized spacial score (nSPS) is 15.8. The number of ether oxygens (including phenoxy) is 3. The van der Waals surface area contributed by atoms with E-state index in [2.05, 4.69) is 43.5 Å². The van der Waals surface area contributed by atoms with Crippen LogP contribution in [0.4, 0.5) is 11.8 Å². The van der Waals surface area contributed by atoms with Gasteiger partial charge in [-0.3, -0.25) is 9.69 Å². The van der Waals surface area contributed by atoms with Crippen molar-refractivity contribution in [1.82, 2.24) is 25.2 Å². The van der Waals surface area contributed by atoms with E-state index in [9.17, 15) is 9.90 Å². The number of carbonyl (C=O) groups is 1. The molecule has 2 aromatic heterocycles. The molecule has 13 heteroatoms. The summed E-state index contributed by atoms with van der Waals surface area (Å²) in [6.07, 6.45) is 1.54. The molecule has 0 aliphatic carbocycles. The second-order valence-corrected chi connectivity index (χ2v) is 11.1. The lowest BCUT2D eigenvalue weighted by atomic mass is 9.94. The first-order chi connectivity index (χ1) is 20.8. The molecule has 2 aliphatic heterocycles. The molecular weight excluding hydrogens is 554 g/mol. The molecule has 0 radical (unpaired) electrons. The van der Waals surface area contributed by atoms with Crippen LogP contribution in [0, 0.1) is 13.8 Å². The fourth-order valence-electron chi connectivity index (χ4n) is 5.11. The van der Waals surface area contributed by atoms with Crippen molar-refractivity contribution in [2.45, 2.75) is 45.6 Å². The minimum absolute atomic E-state index is 0.104. The van der Waals surface area contributed by atoms with E-state index in [4.69, 9.17) is 18.6 Å². The zero-order valence-electron chi connectivity index (χ0n) is 25.3. The average Bonchev–Trinajstić information content (AvgIpc) is 3.40. The van der Waals surface area contributed by atoms with Crippen LogP contribution in [0.15, 0.2) is 29.0 Å². The Morgan fingerprint density at radius 3 is 2.84 bits per heavy atom. The van der Waals surface area contributed by atoms with Gasteiger partial charge in [-0.25, -0.2) is 9.97 Å². The Bertz CT molecular complexity index is 1400. The minimum atomic E-state index is -0.741. The number of hydrogen-bond acceptors (Lipinski definition) is 12. The average molecular weight is 596 g/mol. The Labute approximate surface area is 251 Å². The lowest BCUT2D eigenvalue weighted by molar-refractivity contribution is 0.0209. The van der Waals surface area contributed by atoms with Gasteiger partial charge in [-0.1, -0.05) is 6.07 Å². The standard InChI is InChI=1S/C30H41N7O6/c1-19-24-7-8-37(13-21(24)5-6-26(19)42-17-27-20(2)32-18-43-27)14-23(38)12-31-29(39)25-11-28(33-22-15-41-16-22)35-30(34-25)36(3)9-10-40-4/h5-6,11,18,22-23,38H,7-10,12-17H2,1-4H3,(H,31,39)(H,33,34,35)/t23-/m0/s1. The van der Waals surface area contributed by atoms with Crippen LogP contribution in [0.5, 0.6) is 5.75 Å². The van der Waals surface area contributed by atoms with Gasteiger partial charge in [0.15, 0.2) is 12.2 Å². The molecule has 232 valence electrons. The van der Waals surface area contributed by atoms with Gasteiger partial charge in [0.05, 0.1) is 37.7 Å². The SMILES string of the molecule is COCCN(C)c1nc(NC2COC2)cc(C(=O)NC[C@H](O)CN2CCc3c(ccc(OCc4ocnc4C)c3C)C2)n1. The van der Waals surface area contributed by atoms with Crippen LogP contribution >= 0.6 is 0 Å². The summed E-state index contributed by atoms with van der Waals surface area (Å²) in [7, 11) is 3.48. The number of β-amino-alcohol motifs (C(OH)–C–C–N with tert-alkyl or cyclic N) is 1. The minimum Gasteiger partial charge on any atom is -0.485 e. The number of aromatic nitrogens is 3.